The minimum absolute atomic E-state index is 0. The van der Waals surface area contributed by atoms with Gasteiger partial charge in [0.05, 0.1) is 17.1 Å². The van der Waals surface area contributed by atoms with Gasteiger partial charge in [-0.05, 0) is 53.5 Å². The summed E-state index contributed by atoms with van der Waals surface area (Å²) in [5.74, 6) is 0.723. The third kappa shape index (κ3) is 4.84. The molecule has 0 saturated carbocycles. The normalized spacial score (nSPS) is 11.2. The van der Waals surface area contributed by atoms with Crippen molar-refractivity contribution in [1.82, 2.24) is 19.7 Å². The molecule has 0 aliphatic carbocycles. The second-order valence-corrected chi connectivity index (χ2v) is 8.24. The monoisotopic (exact) mass is 652 g/mol. The van der Waals surface area contributed by atoms with Crippen LogP contribution in [0.5, 0.6) is 0 Å². The van der Waals surface area contributed by atoms with Crippen molar-refractivity contribution in [1.29, 1.82) is 0 Å². The van der Waals surface area contributed by atoms with E-state index in [4.69, 9.17) is 5.11 Å². The van der Waals surface area contributed by atoms with E-state index in [0.717, 1.165) is 33.6 Å². The van der Waals surface area contributed by atoms with Gasteiger partial charge in [-0.25, -0.2) is 0 Å². The zero-order valence-electron chi connectivity index (χ0n) is 19.7. The Labute approximate surface area is 221 Å². The van der Waals surface area contributed by atoms with Crippen LogP contribution in [-0.4, -0.2) is 25.5 Å². The van der Waals surface area contributed by atoms with Gasteiger partial charge in [-0.1, -0.05) is 72.8 Å². The number of carbonyl (C=O) groups is 1. The van der Waals surface area contributed by atoms with Crippen LogP contribution in [0.3, 0.4) is 0 Å². The SMILES string of the molecule is CC(=O)/C=C(/C)O.[Ir].c1ccc(-c2cc(-n3c4ccc5ccccc5c4c4cccnc43)[n-]n2)cc1. The molecule has 0 spiro atoms. The van der Waals surface area contributed by atoms with Gasteiger partial charge in [0, 0.05) is 43.3 Å². The summed E-state index contributed by atoms with van der Waals surface area (Å²) in [5, 5.41) is 22.0. The number of carbonyl (C=O) groups excluding carboxylic acids is 1. The van der Waals surface area contributed by atoms with Crippen LogP contribution in [0.4, 0.5) is 0 Å². The molecular formula is C29H23IrN4O2-. The molecule has 1 radical (unpaired) electrons. The van der Waals surface area contributed by atoms with Crippen LogP contribution in [0.15, 0.2) is 103 Å². The Morgan fingerprint density at radius 3 is 2.36 bits per heavy atom. The Morgan fingerprint density at radius 2 is 1.64 bits per heavy atom. The van der Waals surface area contributed by atoms with Crippen LogP contribution in [0.2, 0.25) is 0 Å². The number of hydrogen-bond donors (Lipinski definition) is 1. The summed E-state index contributed by atoms with van der Waals surface area (Å²) in [6.45, 7) is 2.85. The molecule has 0 fully saturated rings. The van der Waals surface area contributed by atoms with Gasteiger partial charge in [0.1, 0.15) is 0 Å². The van der Waals surface area contributed by atoms with E-state index in [-0.39, 0.29) is 31.6 Å². The fourth-order valence-electron chi connectivity index (χ4n) is 4.28. The molecule has 3 heterocycles. The molecule has 0 amide bonds. The summed E-state index contributed by atoms with van der Waals surface area (Å²) >= 11 is 0. The molecular weight excluding hydrogens is 629 g/mol. The molecule has 3 aromatic heterocycles. The fraction of sp³-hybridized carbons (Fsp3) is 0.0690. The van der Waals surface area contributed by atoms with Crippen LogP contribution in [-0.2, 0) is 24.9 Å². The molecule has 0 unspecified atom stereocenters. The summed E-state index contributed by atoms with van der Waals surface area (Å²) in [5.41, 5.74) is 3.91. The van der Waals surface area contributed by atoms with E-state index in [9.17, 15) is 4.79 Å². The summed E-state index contributed by atoms with van der Waals surface area (Å²) in [6, 6.07) is 29.0. The summed E-state index contributed by atoms with van der Waals surface area (Å²) < 4.78 is 2.11. The van der Waals surface area contributed by atoms with Crippen molar-refractivity contribution in [3.05, 3.63) is 103 Å². The zero-order valence-corrected chi connectivity index (χ0v) is 22.1. The van der Waals surface area contributed by atoms with E-state index in [1.807, 2.05) is 48.7 Å². The fourth-order valence-corrected chi connectivity index (χ4v) is 4.28. The van der Waals surface area contributed by atoms with Crippen molar-refractivity contribution in [2.24, 2.45) is 0 Å². The van der Waals surface area contributed by atoms with Gasteiger partial charge < -0.3 is 14.8 Å². The third-order valence-corrected chi connectivity index (χ3v) is 5.65. The number of hydrogen-bond acceptors (Lipinski definition) is 4. The first kappa shape index (κ1) is 25.0. The number of aliphatic hydroxyl groups is 1. The summed E-state index contributed by atoms with van der Waals surface area (Å²) in [4.78, 5) is 14.7. The average Bonchev–Trinajstić information content (AvgIpc) is 3.47. The maximum absolute atomic E-state index is 10.0. The molecule has 0 bridgehead atoms. The first-order valence-corrected chi connectivity index (χ1v) is 11.2. The van der Waals surface area contributed by atoms with Crippen molar-refractivity contribution in [3.8, 4) is 17.1 Å². The number of rotatable bonds is 3. The Balaban J connectivity index is 0.000000338. The largest absolute Gasteiger partial charge is 0.512 e. The number of allylic oxidation sites excluding steroid dienone is 2. The van der Waals surface area contributed by atoms with Crippen molar-refractivity contribution in [2.45, 2.75) is 13.8 Å². The Kier molecular flexibility index (Phi) is 7.44. The number of ketones is 1. The summed E-state index contributed by atoms with van der Waals surface area (Å²) in [6.07, 6.45) is 2.99. The molecule has 0 aliphatic rings. The van der Waals surface area contributed by atoms with Crippen LogP contribution >= 0.6 is 0 Å². The molecule has 3 aromatic carbocycles. The van der Waals surface area contributed by atoms with Crippen LogP contribution in [0.1, 0.15) is 13.8 Å². The van der Waals surface area contributed by atoms with Crippen LogP contribution < -0.4 is 5.10 Å². The van der Waals surface area contributed by atoms with E-state index < -0.39 is 0 Å². The van der Waals surface area contributed by atoms with E-state index in [1.54, 1.807) is 0 Å². The number of pyridine rings is 1. The van der Waals surface area contributed by atoms with E-state index >= 15 is 0 Å². The van der Waals surface area contributed by atoms with Gasteiger partial charge in [-0.3, -0.25) is 14.9 Å². The Morgan fingerprint density at radius 1 is 0.917 bits per heavy atom. The van der Waals surface area contributed by atoms with Gasteiger partial charge >= 0.3 is 0 Å². The maximum Gasteiger partial charge on any atom is 0.155 e. The summed E-state index contributed by atoms with van der Waals surface area (Å²) in [7, 11) is 0. The molecule has 6 aromatic rings. The molecule has 6 rings (SSSR count). The molecule has 6 nitrogen and oxygen atoms in total. The zero-order chi connectivity index (χ0) is 24.4. The number of aromatic nitrogens is 4. The predicted molar refractivity (Wildman–Crippen MR) is 140 cm³/mol. The van der Waals surface area contributed by atoms with E-state index in [1.165, 1.54) is 36.1 Å². The van der Waals surface area contributed by atoms with Crippen molar-refractivity contribution in [2.75, 3.05) is 0 Å². The van der Waals surface area contributed by atoms with Gasteiger partial charge in [-0.15, -0.1) is 0 Å². The maximum atomic E-state index is 10.0. The minimum Gasteiger partial charge on any atom is -0.512 e. The van der Waals surface area contributed by atoms with Crippen molar-refractivity contribution >= 4 is 38.5 Å². The predicted octanol–water partition coefficient (Wildman–Crippen LogP) is 6.39. The van der Waals surface area contributed by atoms with Crippen molar-refractivity contribution < 1.29 is 30.0 Å². The van der Waals surface area contributed by atoms with Crippen LogP contribution in [0.25, 0.3) is 49.8 Å². The molecule has 0 saturated heterocycles. The topological polar surface area (TPSA) is 82.1 Å². The molecule has 7 heteroatoms. The molecule has 0 atom stereocenters. The second-order valence-electron chi connectivity index (χ2n) is 8.24. The molecule has 36 heavy (non-hydrogen) atoms. The van der Waals surface area contributed by atoms with Gasteiger partial charge in [0.25, 0.3) is 0 Å². The third-order valence-electron chi connectivity index (χ3n) is 5.65. The van der Waals surface area contributed by atoms with E-state index in [2.05, 4.69) is 62.2 Å². The number of aliphatic hydroxyl groups excluding tert-OH is 1. The number of benzene rings is 3. The molecule has 0 aliphatic heterocycles. The van der Waals surface area contributed by atoms with E-state index in [0.29, 0.717) is 0 Å². The number of fused-ring (bicyclic) bond motifs is 5. The van der Waals surface area contributed by atoms with Gasteiger partial charge in [0.15, 0.2) is 5.78 Å². The smallest absolute Gasteiger partial charge is 0.155 e. The minimum atomic E-state index is -0.125. The molecule has 181 valence electrons. The van der Waals surface area contributed by atoms with Crippen molar-refractivity contribution in [3.63, 3.8) is 0 Å². The average molecular weight is 652 g/mol. The van der Waals surface area contributed by atoms with Gasteiger partial charge in [0.2, 0.25) is 0 Å². The first-order chi connectivity index (χ1) is 17.0. The Hall–Kier alpha value is -4.06. The first-order valence-electron chi connectivity index (χ1n) is 11.2. The standard InChI is InChI=1S/C24H15N4.C5H8O2.Ir/c1-2-8-17(9-3-1)20-15-22(27-26-20)28-21-13-12-16-7-4-5-10-18(16)23(21)19-11-6-14-25-24(19)28;1-4(6)3-5(2)7;/h1-15H;3,6H,1-2H3;/q-1;;/b;4-3-;. The molecule has 1 N–H and O–H groups in total. The number of nitrogens with zero attached hydrogens (tertiary/aromatic N) is 4. The van der Waals surface area contributed by atoms with Gasteiger partial charge in [-0.2, -0.15) is 0 Å². The Bertz CT molecular complexity index is 1700. The quantitative estimate of drug-likeness (QED) is 0.177. The van der Waals surface area contributed by atoms with Crippen LogP contribution in [0, 0.1) is 0 Å². The second kappa shape index (κ2) is 10.7.